The van der Waals surface area contributed by atoms with E-state index in [-0.39, 0.29) is 24.7 Å². The second kappa shape index (κ2) is 5.56. The average Bonchev–Trinajstić information content (AvgIpc) is 2.67. The number of carbonyl (C=O) groups is 1. The number of amides is 1. The Kier molecular flexibility index (Phi) is 4.37. The summed E-state index contributed by atoms with van der Waals surface area (Å²) >= 11 is 0. The molecule has 0 spiro atoms. The molecule has 0 radical (unpaired) electrons. The van der Waals surface area contributed by atoms with Gasteiger partial charge >= 0.3 is 0 Å². The number of furan rings is 1. The highest BCUT2D eigenvalue weighted by Gasteiger charge is 2.11. The topological polar surface area (TPSA) is 51.5 Å². The van der Waals surface area contributed by atoms with E-state index in [0.717, 1.165) is 5.76 Å². The summed E-state index contributed by atoms with van der Waals surface area (Å²) in [6, 6.07) is 3.50. The molecule has 4 nitrogen and oxygen atoms in total. The third kappa shape index (κ3) is 4.16. The van der Waals surface area contributed by atoms with E-state index in [2.05, 4.69) is 5.32 Å². The van der Waals surface area contributed by atoms with Gasteiger partial charge in [0.15, 0.2) is 0 Å². The smallest absolute Gasteiger partial charge is 0.246 e. The van der Waals surface area contributed by atoms with Crippen molar-refractivity contribution in [2.24, 2.45) is 0 Å². The minimum Gasteiger partial charge on any atom is -0.467 e. The third-order valence-electron chi connectivity index (χ3n) is 1.90. The second-order valence-electron chi connectivity index (χ2n) is 3.66. The van der Waals surface area contributed by atoms with Crippen LogP contribution in [0.15, 0.2) is 22.8 Å². The van der Waals surface area contributed by atoms with Crippen LogP contribution in [-0.4, -0.2) is 18.6 Å². The van der Waals surface area contributed by atoms with E-state index < -0.39 is 0 Å². The van der Waals surface area contributed by atoms with Crippen molar-refractivity contribution >= 4 is 5.91 Å². The van der Waals surface area contributed by atoms with Crippen LogP contribution in [0.2, 0.25) is 0 Å². The van der Waals surface area contributed by atoms with Crippen LogP contribution in [0, 0.1) is 0 Å². The lowest BCUT2D eigenvalue weighted by Crippen LogP contribution is -2.30. The monoisotopic (exact) mass is 211 g/mol. The zero-order chi connectivity index (χ0) is 11.3. The summed E-state index contributed by atoms with van der Waals surface area (Å²) in [4.78, 5) is 11.4. The van der Waals surface area contributed by atoms with Crippen LogP contribution >= 0.6 is 0 Å². The lowest BCUT2D eigenvalue weighted by atomic mass is 10.2. The number of nitrogens with one attached hydrogen (secondary N) is 1. The fourth-order valence-corrected chi connectivity index (χ4v) is 1.13. The molecule has 15 heavy (non-hydrogen) atoms. The summed E-state index contributed by atoms with van der Waals surface area (Å²) in [5, 5.41) is 2.78. The molecule has 4 heteroatoms. The minimum absolute atomic E-state index is 0.0645. The fourth-order valence-electron chi connectivity index (χ4n) is 1.13. The Bertz CT molecular complexity index is 293. The highest BCUT2D eigenvalue weighted by Crippen LogP contribution is 2.11. The SMILES string of the molecule is CC(C)OCC(=O)NC(C)c1ccco1. The molecule has 0 saturated carbocycles. The van der Waals surface area contributed by atoms with Gasteiger partial charge in [-0.05, 0) is 32.9 Å². The molecular weight excluding hydrogens is 194 g/mol. The van der Waals surface area contributed by atoms with Crippen molar-refractivity contribution in [3.05, 3.63) is 24.2 Å². The maximum Gasteiger partial charge on any atom is 0.246 e. The maximum absolute atomic E-state index is 11.4. The molecule has 0 aliphatic rings. The molecule has 0 aliphatic heterocycles. The molecule has 0 fully saturated rings. The number of carbonyl (C=O) groups excluding carboxylic acids is 1. The third-order valence-corrected chi connectivity index (χ3v) is 1.90. The lowest BCUT2D eigenvalue weighted by molar-refractivity contribution is -0.127. The van der Waals surface area contributed by atoms with Crippen molar-refractivity contribution in [3.63, 3.8) is 0 Å². The van der Waals surface area contributed by atoms with Crippen molar-refractivity contribution < 1.29 is 13.9 Å². The van der Waals surface area contributed by atoms with Crippen molar-refractivity contribution in [1.29, 1.82) is 0 Å². The van der Waals surface area contributed by atoms with Gasteiger partial charge in [0.1, 0.15) is 12.4 Å². The zero-order valence-corrected chi connectivity index (χ0v) is 9.32. The van der Waals surface area contributed by atoms with Gasteiger partial charge in [0, 0.05) is 0 Å². The number of rotatable bonds is 5. The molecule has 0 aliphatic carbocycles. The van der Waals surface area contributed by atoms with E-state index >= 15 is 0 Å². The van der Waals surface area contributed by atoms with Gasteiger partial charge in [0.2, 0.25) is 5.91 Å². The van der Waals surface area contributed by atoms with Crippen molar-refractivity contribution in [3.8, 4) is 0 Å². The van der Waals surface area contributed by atoms with E-state index in [9.17, 15) is 4.79 Å². The Morgan fingerprint density at radius 1 is 1.53 bits per heavy atom. The molecular formula is C11H17NO3. The van der Waals surface area contributed by atoms with Crippen LogP contribution in [-0.2, 0) is 9.53 Å². The molecule has 1 unspecified atom stereocenters. The molecule has 1 heterocycles. The van der Waals surface area contributed by atoms with E-state index in [0.29, 0.717) is 0 Å². The lowest BCUT2D eigenvalue weighted by Gasteiger charge is -2.12. The number of ether oxygens (including phenoxy) is 1. The molecule has 1 aromatic rings. The minimum atomic E-state index is -0.132. The largest absolute Gasteiger partial charge is 0.467 e. The molecule has 1 N–H and O–H groups in total. The Hall–Kier alpha value is -1.29. The molecule has 1 rings (SSSR count). The first kappa shape index (κ1) is 11.8. The molecule has 1 aromatic heterocycles. The van der Waals surface area contributed by atoms with Crippen LogP contribution in [0.25, 0.3) is 0 Å². The first-order valence-electron chi connectivity index (χ1n) is 5.04. The predicted octanol–water partition coefficient (Wildman–Crippen LogP) is 1.88. The Balaban J connectivity index is 2.32. The number of hydrogen-bond acceptors (Lipinski definition) is 3. The van der Waals surface area contributed by atoms with Gasteiger partial charge in [-0.3, -0.25) is 4.79 Å². The summed E-state index contributed by atoms with van der Waals surface area (Å²) in [6.45, 7) is 5.74. The van der Waals surface area contributed by atoms with E-state index in [1.165, 1.54) is 0 Å². The normalized spacial score (nSPS) is 12.8. The van der Waals surface area contributed by atoms with E-state index in [4.69, 9.17) is 9.15 Å². The maximum atomic E-state index is 11.4. The van der Waals surface area contributed by atoms with E-state index in [1.807, 2.05) is 26.8 Å². The summed E-state index contributed by atoms with van der Waals surface area (Å²) < 4.78 is 10.3. The molecule has 0 bridgehead atoms. The molecule has 0 saturated heterocycles. The van der Waals surface area contributed by atoms with Gasteiger partial charge in [0.05, 0.1) is 18.4 Å². The van der Waals surface area contributed by atoms with E-state index in [1.54, 1.807) is 12.3 Å². The Morgan fingerprint density at radius 3 is 2.80 bits per heavy atom. The quantitative estimate of drug-likeness (QED) is 0.809. The van der Waals surface area contributed by atoms with Gasteiger partial charge in [-0.1, -0.05) is 0 Å². The second-order valence-corrected chi connectivity index (χ2v) is 3.66. The summed E-state index contributed by atoms with van der Waals surface area (Å²) in [5.74, 6) is 0.612. The van der Waals surface area contributed by atoms with Crippen LogP contribution in [0.3, 0.4) is 0 Å². The predicted molar refractivity (Wildman–Crippen MR) is 56.4 cm³/mol. The molecule has 84 valence electrons. The van der Waals surface area contributed by atoms with Gasteiger partial charge in [-0.15, -0.1) is 0 Å². The molecule has 1 atom stereocenters. The van der Waals surface area contributed by atoms with Gasteiger partial charge in [-0.25, -0.2) is 0 Å². The zero-order valence-electron chi connectivity index (χ0n) is 9.32. The Morgan fingerprint density at radius 2 is 2.27 bits per heavy atom. The standard InChI is InChI=1S/C11H17NO3/c1-8(2)15-7-11(13)12-9(3)10-5-4-6-14-10/h4-6,8-9H,7H2,1-3H3,(H,12,13). The fraction of sp³-hybridized carbons (Fsp3) is 0.545. The van der Waals surface area contributed by atoms with Crippen LogP contribution in [0.4, 0.5) is 0 Å². The average molecular weight is 211 g/mol. The Labute approximate surface area is 89.6 Å². The van der Waals surface area contributed by atoms with Crippen molar-refractivity contribution in [2.45, 2.75) is 32.9 Å². The van der Waals surface area contributed by atoms with Gasteiger partial charge in [0.25, 0.3) is 0 Å². The van der Waals surface area contributed by atoms with Gasteiger partial charge in [-0.2, -0.15) is 0 Å². The van der Waals surface area contributed by atoms with Crippen molar-refractivity contribution in [2.75, 3.05) is 6.61 Å². The molecule has 0 aromatic carbocycles. The van der Waals surface area contributed by atoms with Crippen LogP contribution in [0.1, 0.15) is 32.6 Å². The highest BCUT2D eigenvalue weighted by atomic mass is 16.5. The first-order chi connectivity index (χ1) is 7.09. The number of hydrogen-bond donors (Lipinski definition) is 1. The van der Waals surface area contributed by atoms with Gasteiger partial charge < -0.3 is 14.5 Å². The van der Waals surface area contributed by atoms with Crippen molar-refractivity contribution in [1.82, 2.24) is 5.32 Å². The first-order valence-corrected chi connectivity index (χ1v) is 5.04. The summed E-state index contributed by atoms with van der Waals surface area (Å²) in [6.07, 6.45) is 1.65. The molecule has 1 amide bonds. The highest BCUT2D eigenvalue weighted by molar-refractivity contribution is 5.77. The van der Waals surface area contributed by atoms with Crippen LogP contribution in [0.5, 0.6) is 0 Å². The summed E-state index contributed by atoms with van der Waals surface area (Å²) in [7, 11) is 0. The summed E-state index contributed by atoms with van der Waals surface area (Å²) in [5.41, 5.74) is 0. The van der Waals surface area contributed by atoms with Crippen LogP contribution < -0.4 is 5.32 Å².